The van der Waals surface area contributed by atoms with E-state index in [1.807, 2.05) is 37.3 Å². The van der Waals surface area contributed by atoms with Gasteiger partial charge >= 0.3 is 0 Å². The Balaban J connectivity index is 1.49. The van der Waals surface area contributed by atoms with Crippen LogP contribution in [0.5, 0.6) is 0 Å². The zero-order valence-corrected chi connectivity index (χ0v) is 18.5. The number of aryl methyl sites for hydroxylation is 1. The van der Waals surface area contributed by atoms with Gasteiger partial charge in [-0.15, -0.1) is 0 Å². The Morgan fingerprint density at radius 2 is 1.97 bits per heavy atom. The number of nitrogens with zero attached hydrogens (tertiary/aromatic N) is 3. The Morgan fingerprint density at radius 3 is 2.73 bits per heavy atom. The number of hydrogen-bond acceptors (Lipinski definition) is 4. The van der Waals surface area contributed by atoms with Crippen molar-refractivity contribution in [3.63, 3.8) is 0 Å². The lowest BCUT2D eigenvalue weighted by atomic mass is 10.1. The molecule has 0 unspecified atom stereocenters. The Morgan fingerprint density at radius 1 is 1.20 bits per heavy atom. The first-order valence-electron chi connectivity index (χ1n) is 9.25. The van der Waals surface area contributed by atoms with Crippen LogP contribution >= 0.6 is 27.7 Å². The molecule has 0 aliphatic rings. The Bertz CT molecular complexity index is 1210. The first-order chi connectivity index (χ1) is 14.5. The monoisotopic (exact) mass is 484 g/mol. The first kappa shape index (κ1) is 20.6. The van der Waals surface area contributed by atoms with Crippen molar-refractivity contribution in [1.29, 1.82) is 0 Å². The highest BCUT2D eigenvalue weighted by Crippen LogP contribution is 2.27. The van der Waals surface area contributed by atoms with Crippen molar-refractivity contribution in [1.82, 2.24) is 19.9 Å². The molecule has 8 heteroatoms. The fraction of sp³-hybridized carbons (Fsp3) is 0.136. The Labute approximate surface area is 185 Å². The van der Waals surface area contributed by atoms with Crippen LogP contribution in [0.3, 0.4) is 0 Å². The number of rotatable bonds is 6. The second kappa shape index (κ2) is 8.97. The van der Waals surface area contributed by atoms with Crippen molar-refractivity contribution in [3.8, 4) is 11.1 Å². The van der Waals surface area contributed by atoms with Gasteiger partial charge in [0.1, 0.15) is 10.8 Å². The molecule has 4 rings (SSSR count). The fourth-order valence-electron chi connectivity index (χ4n) is 3.01. The van der Waals surface area contributed by atoms with Crippen molar-refractivity contribution in [2.45, 2.75) is 18.5 Å². The molecule has 0 bridgehead atoms. The topological polar surface area (TPSA) is 59.3 Å². The van der Waals surface area contributed by atoms with E-state index in [4.69, 9.17) is 0 Å². The molecule has 0 atom stereocenters. The van der Waals surface area contributed by atoms with Crippen molar-refractivity contribution in [2.24, 2.45) is 0 Å². The van der Waals surface area contributed by atoms with Crippen molar-refractivity contribution in [2.75, 3.05) is 5.75 Å². The smallest absolute Gasteiger partial charge is 0.230 e. The number of halogens is 2. The number of carbonyl (C=O) groups excluding carboxylic acids is 1. The largest absolute Gasteiger partial charge is 0.351 e. The highest BCUT2D eigenvalue weighted by molar-refractivity contribution is 9.10. The maximum Gasteiger partial charge on any atom is 0.230 e. The van der Waals surface area contributed by atoms with Gasteiger partial charge in [-0.2, -0.15) is 5.10 Å². The third-order valence-corrected chi connectivity index (χ3v) is 6.27. The molecule has 1 amide bonds. The summed E-state index contributed by atoms with van der Waals surface area (Å²) in [5.41, 5.74) is 4.18. The molecule has 5 nitrogen and oxygen atoms in total. The summed E-state index contributed by atoms with van der Waals surface area (Å²) in [6.07, 6.45) is 1.71. The van der Waals surface area contributed by atoms with Crippen LogP contribution in [0.15, 0.2) is 70.3 Å². The molecule has 0 aliphatic heterocycles. The third kappa shape index (κ3) is 4.55. The van der Waals surface area contributed by atoms with Crippen molar-refractivity contribution >= 4 is 39.2 Å². The number of hydrogen-bond donors (Lipinski definition) is 1. The number of carbonyl (C=O) groups is 1. The summed E-state index contributed by atoms with van der Waals surface area (Å²) in [7, 11) is 0. The number of nitrogens with one attached hydrogen (secondary N) is 1. The Kier molecular flexibility index (Phi) is 6.15. The molecule has 0 aliphatic carbocycles. The molecule has 152 valence electrons. The molecular weight excluding hydrogens is 467 g/mol. The lowest BCUT2D eigenvalue weighted by molar-refractivity contribution is -0.118. The molecule has 2 aromatic heterocycles. The second-order valence-corrected chi connectivity index (χ2v) is 8.54. The first-order valence-corrected chi connectivity index (χ1v) is 11.0. The van der Waals surface area contributed by atoms with Gasteiger partial charge < -0.3 is 5.32 Å². The highest BCUT2D eigenvalue weighted by atomic mass is 79.9. The van der Waals surface area contributed by atoms with E-state index in [1.54, 1.807) is 22.8 Å². The van der Waals surface area contributed by atoms with Gasteiger partial charge in [0.05, 0.1) is 11.9 Å². The van der Waals surface area contributed by atoms with Gasteiger partial charge in [0.2, 0.25) is 5.91 Å². The van der Waals surface area contributed by atoms with Gasteiger partial charge in [-0.25, -0.2) is 13.9 Å². The predicted octanol–water partition coefficient (Wildman–Crippen LogP) is 5.01. The molecule has 0 fully saturated rings. The van der Waals surface area contributed by atoms with Gasteiger partial charge in [-0.05, 0) is 42.3 Å². The summed E-state index contributed by atoms with van der Waals surface area (Å²) in [5, 5.41) is 8.20. The van der Waals surface area contributed by atoms with Gasteiger partial charge in [-0.1, -0.05) is 58.0 Å². The van der Waals surface area contributed by atoms with E-state index in [0.717, 1.165) is 31.9 Å². The van der Waals surface area contributed by atoms with Crippen molar-refractivity contribution < 1.29 is 9.18 Å². The number of benzene rings is 2. The molecular formula is C22H18BrFN4OS. The zero-order chi connectivity index (χ0) is 21.1. The summed E-state index contributed by atoms with van der Waals surface area (Å²) in [4.78, 5) is 16.9. The van der Waals surface area contributed by atoms with Gasteiger partial charge in [0.15, 0.2) is 5.65 Å². The number of amides is 1. The van der Waals surface area contributed by atoms with E-state index in [0.29, 0.717) is 12.2 Å². The predicted molar refractivity (Wildman–Crippen MR) is 120 cm³/mol. The van der Waals surface area contributed by atoms with Gasteiger partial charge in [0, 0.05) is 22.3 Å². The molecule has 2 heterocycles. The molecule has 30 heavy (non-hydrogen) atoms. The van der Waals surface area contributed by atoms with Crippen LogP contribution < -0.4 is 5.32 Å². The molecule has 0 radical (unpaired) electrons. The average Bonchev–Trinajstić information content (AvgIpc) is 3.16. The lowest BCUT2D eigenvalue weighted by Crippen LogP contribution is -2.24. The quantitative estimate of drug-likeness (QED) is 0.308. The molecule has 0 saturated heterocycles. The third-order valence-electron chi connectivity index (χ3n) is 4.51. The number of thioether (sulfide) groups is 1. The molecule has 4 aromatic rings. The van der Waals surface area contributed by atoms with E-state index in [9.17, 15) is 9.18 Å². The van der Waals surface area contributed by atoms with Crippen LogP contribution in [0, 0.1) is 12.7 Å². The van der Waals surface area contributed by atoms with Crippen LogP contribution in [0.25, 0.3) is 16.8 Å². The van der Waals surface area contributed by atoms with E-state index in [-0.39, 0.29) is 17.5 Å². The van der Waals surface area contributed by atoms with Crippen LogP contribution in [0.2, 0.25) is 0 Å². The van der Waals surface area contributed by atoms with Crippen LogP contribution in [-0.4, -0.2) is 26.3 Å². The summed E-state index contributed by atoms with van der Waals surface area (Å²) >= 11 is 4.89. The highest BCUT2D eigenvalue weighted by Gasteiger charge is 2.14. The standard InChI is InChI=1S/C22H18BrFN4OS/c1-14-10-21(30-13-20(29)25-11-16-4-2-3-5-19(16)23)28-22(27-14)18(12-26-28)15-6-8-17(24)9-7-15/h2-10,12H,11,13H2,1H3,(H,25,29). The second-order valence-electron chi connectivity index (χ2n) is 6.69. The zero-order valence-electron chi connectivity index (χ0n) is 16.1. The average molecular weight is 485 g/mol. The number of aromatic nitrogens is 3. The number of fused-ring (bicyclic) bond motifs is 1. The summed E-state index contributed by atoms with van der Waals surface area (Å²) in [5.74, 6) is -0.0946. The lowest BCUT2D eigenvalue weighted by Gasteiger charge is -2.09. The minimum Gasteiger partial charge on any atom is -0.351 e. The van der Waals surface area contributed by atoms with Crippen LogP contribution in [-0.2, 0) is 11.3 Å². The minimum atomic E-state index is -0.288. The van der Waals surface area contributed by atoms with E-state index in [2.05, 4.69) is 31.3 Å². The molecule has 0 saturated carbocycles. The van der Waals surface area contributed by atoms with E-state index < -0.39 is 0 Å². The van der Waals surface area contributed by atoms with E-state index in [1.165, 1.54) is 23.9 Å². The maximum atomic E-state index is 13.3. The van der Waals surface area contributed by atoms with Gasteiger partial charge in [-0.3, -0.25) is 4.79 Å². The summed E-state index contributed by atoms with van der Waals surface area (Å²) in [6.45, 7) is 2.36. The van der Waals surface area contributed by atoms with Crippen molar-refractivity contribution in [3.05, 3.63) is 82.3 Å². The van der Waals surface area contributed by atoms with Gasteiger partial charge in [0.25, 0.3) is 0 Å². The molecule has 1 N–H and O–H groups in total. The molecule has 0 spiro atoms. The van der Waals surface area contributed by atoms with Crippen LogP contribution in [0.1, 0.15) is 11.3 Å². The fourth-order valence-corrected chi connectivity index (χ4v) is 4.33. The summed E-state index contributed by atoms with van der Waals surface area (Å²) in [6, 6.07) is 15.9. The minimum absolute atomic E-state index is 0.0655. The molecule has 2 aromatic carbocycles. The normalized spacial score (nSPS) is 11.0. The maximum absolute atomic E-state index is 13.3. The summed E-state index contributed by atoms with van der Waals surface area (Å²) < 4.78 is 15.9. The SMILES string of the molecule is Cc1cc(SCC(=O)NCc2ccccc2Br)n2ncc(-c3ccc(F)cc3)c2n1. The Hall–Kier alpha value is -2.71. The van der Waals surface area contributed by atoms with E-state index >= 15 is 0 Å². The van der Waals surface area contributed by atoms with Crippen LogP contribution in [0.4, 0.5) is 4.39 Å².